The SMILES string of the molecule is O=C(OCc1ccccc1)c1ccsc1Br. The Kier molecular flexibility index (Phi) is 3.74. The normalized spacial score (nSPS) is 10.1. The van der Waals surface area contributed by atoms with Gasteiger partial charge in [-0.25, -0.2) is 4.79 Å². The van der Waals surface area contributed by atoms with Crippen LogP contribution in [0.25, 0.3) is 0 Å². The second-order valence-corrected chi connectivity index (χ2v) is 5.40. The van der Waals surface area contributed by atoms with Crippen molar-refractivity contribution in [1.29, 1.82) is 0 Å². The van der Waals surface area contributed by atoms with E-state index in [0.717, 1.165) is 9.35 Å². The van der Waals surface area contributed by atoms with E-state index >= 15 is 0 Å². The number of hydrogen-bond acceptors (Lipinski definition) is 3. The quantitative estimate of drug-likeness (QED) is 0.804. The minimum absolute atomic E-state index is 0.294. The van der Waals surface area contributed by atoms with Crippen LogP contribution in [0.1, 0.15) is 15.9 Å². The number of rotatable bonds is 3. The molecule has 0 amide bonds. The van der Waals surface area contributed by atoms with Crippen molar-refractivity contribution in [2.45, 2.75) is 6.61 Å². The van der Waals surface area contributed by atoms with Gasteiger partial charge in [0.15, 0.2) is 0 Å². The van der Waals surface area contributed by atoms with Gasteiger partial charge < -0.3 is 4.74 Å². The first-order valence-electron chi connectivity index (χ1n) is 4.71. The lowest BCUT2D eigenvalue weighted by atomic mass is 10.2. The molecular formula is C12H9BrO2S. The van der Waals surface area contributed by atoms with Crippen molar-refractivity contribution in [3.8, 4) is 0 Å². The topological polar surface area (TPSA) is 26.3 Å². The van der Waals surface area contributed by atoms with Gasteiger partial charge in [0.1, 0.15) is 6.61 Å². The molecule has 0 atom stereocenters. The Labute approximate surface area is 106 Å². The zero-order valence-corrected chi connectivity index (χ0v) is 10.8. The lowest BCUT2D eigenvalue weighted by molar-refractivity contribution is 0.0472. The van der Waals surface area contributed by atoms with E-state index in [1.807, 2.05) is 35.7 Å². The van der Waals surface area contributed by atoms with Crippen LogP contribution in [-0.2, 0) is 11.3 Å². The van der Waals surface area contributed by atoms with E-state index in [0.29, 0.717) is 12.2 Å². The minimum atomic E-state index is -0.294. The Bertz CT molecular complexity index is 479. The highest BCUT2D eigenvalue weighted by molar-refractivity contribution is 9.11. The van der Waals surface area contributed by atoms with E-state index in [9.17, 15) is 4.79 Å². The van der Waals surface area contributed by atoms with Gasteiger partial charge in [0, 0.05) is 0 Å². The Hall–Kier alpha value is -1.13. The van der Waals surface area contributed by atoms with E-state index in [-0.39, 0.29) is 5.97 Å². The Balaban J connectivity index is 1.97. The van der Waals surface area contributed by atoms with Crippen LogP contribution in [0, 0.1) is 0 Å². The van der Waals surface area contributed by atoms with Gasteiger partial charge in [0.25, 0.3) is 0 Å². The smallest absolute Gasteiger partial charge is 0.340 e. The predicted octanol–water partition coefficient (Wildman–Crippen LogP) is 3.87. The van der Waals surface area contributed by atoms with E-state index < -0.39 is 0 Å². The standard InChI is InChI=1S/C12H9BrO2S/c13-11-10(6-7-16-11)12(14)15-8-9-4-2-1-3-5-9/h1-7H,8H2. The fourth-order valence-electron chi connectivity index (χ4n) is 1.24. The number of carbonyl (C=O) groups is 1. The first kappa shape index (κ1) is 11.4. The minimum Gasteiger partial charge on any atom is -0.457 e. The average Bonchev–Trinajstić information content (AvgIpc) is 2.74. The first-order chi connectivity index (χ1) is 7.77. The molecule has 1 aromatic heterocycles. The van der Waals surface area contributed by atoms with Gasteiger partial charge in [-0.05, 0) is 32.9 Å². The molecular weight excluding hydrogens is 288 g/mol. The number of thiophene rings is 1. The van der Waals surface area contributed by atoms with Gasteiger partial charge in [-0.15, -0.1) is 11.3 Å². The fraction of sp³-hybridized carbons (Fsp3) is 0.0833. The van der Waals surface area contributed by atoms with Crippen LogP contribution in [-0.4, -0.2) is 5.97 Å². The highest BCUT2D eigenvalue weighted by atomic mass is 79.9. The average molecular weight is 297 g/mol. The van der Waals surface area contributed by atoms with E-state index in [1.54, 1.807) is 6.07 Å². The molecule has 4 heteroatoms. The highest BCUT2D eigenvalue weighted by Crippen LogP contribution is 2.24. The third-order valence-electron chi connectivity index (χ3n) is 2.05. The molecule has 1 aromatic carbocycles. The number of ether oxygens (including phenoxy) is 1. The summed E-state index contributed by atoms with van der Waals surface area (Å²) in [4.78, 5) is 11.7. The molecule has 16 heavy (non-hydrogen) atoms. The number of benzene rings is 1. The summed E-state index contributed by atoms with van der Waals surface area (Å²) in [7, 11) is 0. The molecule has 2 rings (SSSR count). The number of hydrogen-bond donors (Lipinski definition) is 0. The van der Waals surface area contributed by atoms with Crippen LogP contribution in [0.15, 0.2) is 45.6 Å². The lowest BCUT2D eigenvalue weighted by Crippen LogP contribution is -2.04. The number of esters is 1. The Morgan fingerprint density at radius 1 is 1.25 bits per heavy atom. The molecule has 0 spiro atoms. The maximum absolute atomic E-state index is 11.7. The monoisotopic (exact) mass is 296 g/mol. The van der Waals surface area contributed by atoms with Crippen molar-refractivity contribution in [1.82, 2.24) is 0 Å². The van der Waals surface area contributed by atoms with Crippen LogP contribution in [0.3, 0.4) is 0 Å². The molecule has 0 unspecified atom stereocenters. The second-order valence-electron chi connectivity index (χ2n) is 3.17. The maximum atomic E-state index is 11.7. The molecule has 0 bridgehead atoms. The molecule has 82 valence electrons. The van der Waals surface area contributed by atoms with Crippen LogP contribution >= 0.6 is 27.3 Å². The third kappa shape index (κ3) is 2.71. The van der Waals surface area contributed by atoms with Crippen molar-refractivity contribution in [3.05, 3.63) is 56.7 Å². The summed E-state index contributed by atoms with van der Waals surface area (Å²) in [6.07, 6.45) is 0. The predicted molar refractivity (Wildman–Crippen MR) is 67.6 cm³/mol. The van der Waals surface area contributed by atoms with Crippen LogP contribution in [0.2, 0.25) is 0 Å². The van der Waals surface area contributed by atoms with Crippen LogP contribution < -0.4 is 0 Å². The third-order valence-corrected chi connectivity index (χ3v) is 3.74. The highest BCUT2D eigenvalue weighted by Gasteiger charge is 2.12. The van der Waals surface area contributed by atoms with Crippen LogP contribution in [0.4, 0.5) is 0 Å². The molecule has 0 fully saturated rings. The van der Waals surface area contributed by atoms with Crippen molar-refractivity contribution < 1.29 is 9.53 Å². The van der Waals surface area contributed by atoms with Crippen molar-refractivity contribution >= 4 is 33.2 Å². The summed E-state index contributed by atoms with van der Waals surface area (Å²) < 4.78 is 6.00. The fourth-order valence-corrected chi connectivity index (χ4v) is 2.46. The Morgan fingerprint density at radius 2 is 2.00 bits per heavy atom. The van der Waals surface area contributed by atoms with Crippen molar-refractivity contribution in [2.75, 3.05) is 0 Å². The van der Waals surface area contributed by atoms with Crippen LogP contribution in [0.5, 0.6) is 0 Å². The zero-order chi connectivity index (χ0) is 11.4. The van der Waals surface area contributed by atoms with Gasteiger partial charge >= 0.3 is 5.97 Å². The van der Waals surface area contributed by atoms with Crippen molar-refractivity contribution in [2.24, 2.45) is 0 Å². The largest absolute Gasteiger partial charge is 0.457 e. The molecule has 1 heterocycles. The second kappa shape index (κ2) is 5.27. The van der Waals surface area contributed by atoms with Gasteiger partial charge in [-0.2, -0.15) is 0 Å². The number of halogens is 1. The summed E-state index contributed by atoms with van der Waals surface area (Å²) in [6, 6.07) is 11.4. The summed E-state index contributed by atoms with van der Waals surface area (Å²) in [5.41, 5.74) is 1.57. The van der Waals surface area contributed by atoms with E-state index in [2.05, 4.69) is 15.9 Å². The molecule has 0 aliphatic heterocycles. The van der Waals surface area contributed by atoms with Gasteiger partial charge in [-0.1, -0.05) is 30.3 Å². The lowest BCUT2D eigenvalue weighted by Gasteiger charge is -2.03. The molecule has 0 N–H and O–H groups in total. The van der Waals surface area contributed by atoms with Gasteiger partial charge in [0.05, 0.1) is 9.35 Å². The van der Waals surface area contributed by atoms with Gasteiger partial charge in [0.2, 0.25) is 0 Å². The Morgan fingerprint density at radius 3 is 2.62 bits per heavy atom. The number of carbonyl (C=O) groups excluding carboxylic acids is 1. The maximum Gasteiger partial charge on any atom is 0.340 e. The molecule has 0 radical (unpaired) electrons. The zero-order valence-electron chi connectivity index (χ0n) is 8.35. The van der Waals surface area contributed by atoms with Crippen molar-refractivity contribution in [3.63, 3.8) is 0 Å². The molecule has 2 aromatic rings. The molecule has 0 aliphatic rings. The summed E-state index contributed by atoms with van der Waals surface area (Å²) in [5.74, 6) is -0.294. The van der Waals surface area contributed by atoms with E-state index in [4.69, 9.17) is 4.74 Å². The molecule has 2 nitrogen and oxygen atoms in total. The summed E-state index contributed by atoms with van der Waals surface area (Å²) >= 11 is 4.78. The molecule has 0 saturated heterocycles. The van der Waals surface area contributed by atoms with Gasteiger partial charge in [-0.3, -0.25) is 0 Å². The van der Waals surface area contributed by atoms with E-state index in [1.165, 1.54) is 11.3 Å². The molecule has 0 saturated carbocycles. The summed E-state index contributed by atoms with van der Waals surface area (Å²) in [6.45, 7) is 0.307. The molecule has 0 aliphatic carbocycles. The first-order valence-corrected chi connectivity index (χ1v) is 6.38. The summed E-state index contributed by atoms with van der Waals surface area (Å²) in [5, 5.41) is 1.85.